The molecule has 2 fully saturated rings. The molecule has 1 aromatic carbocycles. The third-order valence-electron chi connectivity index (χ3n) is 3.42. The maximum atomic E-state index is 9.94. The molecule has 0 radical (unpaired) electrons. The molecule has 2 aliphatic rings. The molecule has 104 valence electrons. The number of hydrogen-bond donors (Lipinski definition) is 3. The molecule has 2 aliphatic heterocycles. The Kier molecular flexibility index (Phi) is 3.53. The number of ether oxygens (including phenoxy) is 3. The zero-order chi connectivity index (χ0) is 13.4. The monoisotopic (exact) mass is 268 g/mol. The van der Waals surface area contributed by atoms with Crippen molar-refractivity contribution in [2.45, 2.75) is 37.0 Å². The van der Waals surface area contributed by atoms with Gasteiger partial charge >= 0.3 is 0 Å². The lowest BCUT2D eigenvalue weighted by atomic mass is 9.98. The maximum absolute atomic E-state index is 9.94. The number of rotatable bonds is 1. The molecule has 2 heterocycles. The van der Waals surface area contributed by atoms with Crippen molar-refractivity contribution in [3.05, 3.63) is 35.9 Å². The fourth-order valence-electron chi connectivity index (χ4n) is 2.37. The Hall–Kier alpha value is -1.02. The third kappa shape index (κ3) is 2.38. The van der Waals surface area contributed by atoms with Crippen molar-refractivity contribution < 1.29 is 29.5 Å². The van der Waals surface area contributed by atoms with E-state index in [1.54, 1.807) is 0 Å². The Labute approximate surface area is 110 Å². The van der Waals surface area contributed by atoms with Crippen molar-refractivity contribution >= 4 is 0 Å². The fourth-order valence-corrected chi connectivity index (χ4v) is 2.37. The summed E-state index contributed by atoms with van der Waals surface area (Å²) in [4.78, 5) is 0. The largest absolute Gasteiger partial charge is 0.387 e. The highest BCUT2D eigenvalue weighted by molar-refractivity contribution is 5.16. The van der Waals surface area contributed by atoms with E-state index < -0.39 is 37.0 Å². The van der Waals surface area contributed by atoms with Crippen LogP contribution in [0, 0.1) is 0 Å². The van der Waals surface area contributed by atoms with Gasteiger partial charge in [0, 0.05) is 5.56 Å². The van der Waals surface area contributed by atoms with Crippen LogP contribution in [-0.4, -0.2) is 52.6 Å². The van der Waals surface area contributed by atoms with Gasteiger partial charge in [0.15, 0.2) is 12.6 Å². The summed E-state index contributed by atoms with van der Waals surface area (Å²) in [7, 11) is 0. The van der Waals surface area contributed by atoms with Crippen LogP contribution in [0.2, 0.25) is 0 Å². The molecule has 0 spiro atoms. The zero-order valence-corrected chi connectivity index (χ0v) is 10.1. The second kappa shape index (κ2) is 5.16. The Morgan fingerprint density at radius 3 is 2.42 bits per heavy atom. The van der Waals surface area contributed by atoms with Gasteiger partial charge in [0.25, 0.3) is 0 Å². The first kappa shape index (κ1) is 13.0. The summed E-state index contributed by atoms with van der Waals surface area (Å²) in [5.74, 6) is 0. The van der Waals surface area contributed by atoms with Crippen molar-refractivity contribution in [1.82, 2.24) is 0 Å². The molecule has 0 aliphatic carbocycles. The standard InChI is InChI=1S/C13H16O6/c14-9-10(15)12(16)18-8-6-17-13(19-11(8)9)7-4-2-1-3-5-7/h1-5,8-16H,6H2/t8-,9+,10-,11-,12?,13?/m1/s1. The molecule has 0 aromatic heterocycles. The van der Waals surface area contributed by atoms with Crippen molar-refractivity contribution in [3.63, 3.8) is 0 Å². The highest BCUT2D eigenvalue weighted by Crippen LogP contribution is 2.33. The predicted molar refractivity (Wildman–Crippen MR) is 62.9 cm³/mol. The SMILES string of the molecule is OC1O[C@@H]2COC(c3ccccc3)O[C@H]2[C@@H](O)[C@H]1O. The Morgan fingerprint density at radius 1 is 0.947 bits per heavy atom. The molecule has 2 unspecified atom stereocenters. The van der Waals surface area contributed by atoms with Gasteiger partial charge in [-0.05, 0) is 0 Å². The first-order chi connectivity index (χ1) is 9.16. The van der Waals surface area contributed by atoms with Gasteiger partial charge in [-0.2, -0.15) is 0 Å². The predicted octanol–water partition coefficient (Wildman–Crippen LogP) is -0.460. The average molecular weight is 268 g/mol. The summed E-state index contributed by atoms with van der Waals surface area (Å²) in [6.45, 7) is 0.186. The van der Waals surface area contributed by atoms with E-state index in [1.165, 1.54) is 0 Å². The van der Waals surface area contributed by atoms with Crippen LogP contribution in [0.15, 0.2) is 30.3 Å². The maximum Gasteiger partial charge on any atom is 0.184 e. The molecule has 6 nitrogen and oxygen atoms in total. The average Bonchev–Trinajstić information content (AvgIpc) is 2.46. The van der Waals surface area contributed by atoms with E-state index >= 15 is 0 Å². The van der Waals surface area contributed by atoms with Gasteiger partial charge in [-0.3, -0.25) is 0 Å². The minimum Gasteiger partial charge on any atom is -0.387 e. The molecular formula is C13H16O6. The molecule has 6 heteroatoms. The first-order valence-electron chi connectivity index (χ1n) is 6.18. The Balaban J connectivity index is 1.75. The number of aliphatic hydroxyl groups excluding tert-OH is 3. The summed E-state index contributed by atoms with van der Waals surface area (Å²) in [5, 5.41) is 29.0. The van der Waals surface area contributed by atoms with Crippen LogP contribution in [-0.2, 0) is 14.2 Å². The molecule has 0 saturated carbocycles. The summed E-state index contributed by atoms with van der Waals surface area (Å²) in [5.41, 5.74) is 0.828. The van der Waals surface area contributed by atoms with Gasteiger partial charge in [-0.15, -0.1) is 0 Å². The van der Waals surface area contributed by atoms with Crippen molar-refractivity contribution in [1.29, 1.82) is 0 Å². The van der Waals surface area contributed by atoms with Crippen LogP contribution in [0.1, 0.15) is 11.9 Å². The molecule has 0 amide bonds. The van der Waals surface area contributed by atoms with Crippen LogP contribution >= 0.6 is 0 Å². The Morgan fingerprint density at radius 2 is 1.68 bits per heavy atom. The quantitative estimate of drug-likeness (QED) is 0.639. The van der Waals surface area contributed by atoms with Crippen LogP contribution in [0.25, 0.3) is 0 Å². The van der Waals surface area contributed by atoms with Crippen LogP contribution in [0.4, 0.5) is 0 Å². The van der Waals surface area contributed by atoms with Crippen molar-refractivity contribution in [2.24, 2.45) is 0 Å². The van der Waals surface area contributed by atoms with Gasteiger partial charge in [0.2, 0.25) is 0 Å². The highest BCUT2D eigenvalue weighted by atomic mass is 16.7. The summed E-state index contributed by atoms with van der Waals surface area (Å²) in [6, 6.07) is 9.31. The van der Waals surface area contributed by atoms with E-state index in [-0.39, 0.29) is 6.61 Å². The van der Waals surface area contributed by atoms with Gasteiger partial charge in [0.05, 0.1) is 6.61 Å². The van der Waals surface area contributed by atoms with Crippen LogP contribution in [0.3, 0.4) is 0 Å². The van der Waals surface area contributed by atoms with Gasteiger partial charge in [-0.1, -0.05) is 30.3 Å². The molecule has 3 rings (SSSR count). The topological polar surface area (TPSA) is 88.4 Å². The lowest BCUT2D eigenvalue weighted by molar-refractivity contribution is -0.354. The van der Waals surface area contributed by atoms with E-state index in [9.17, 15) is 15.3 Å². The molecule has 2 saturated heterocycles. The second-order valence-corrected chi connectivity index (χ2v) is 4.72. The minimum absolute atomic E-state index is 0.186. The van der Waals surface area contributed by atoms with Crippen LogP contribution < -0.4 is 0 Å². The van der Waals surface area contributed by atoms with Crippen molar-refractivity contribution in [3.8, 4) is 0 Å². The molecule has 3 N–H and O–H groups in total. The summed E-state index contributed by atoms with van der Waals surface area (Å²) < 4.78 is 16.3. The molecule has 19 heavy (non-hydrogen) atoms. The molecule has 0 bridgehead atoms. The lowest BCUT2D eigenvalue weighted by Crippen LogP contribution is -2.61. The second-order valence-electron chi connectivity index (χ2n) is 4.72. The molecular weight excluding hydrogens is 252 g/mol. The third-order valence-corrected chi connectivity index (χ3v) is 3.42. The van der Waals surface area contributed by atoms with Gasteiger partial charge < -0.3 is 29.5 Å². The Bertz CT molecular complexity index is 422. The zero-order valence-electron chi connectivity index (χ0n) is 10.1. The molecule has 6 atom stereocenters. The number of fused-ring (bicyclic) bond motifs is 1. The van der Waals surface area contributed by atoms with Crippen LogP contribution in [0.5, 0.6) is 0 Å². The van der Waals surface area contributed by atoms with Crippen molar-refractivity contribution in [2.75, 3.05) is 6.61 Å². The van der Waals surface area contributed by atoms with Gasteiger partial charge in [0.1, 0.15) is 24.4 Å². The number of hydrogen-bond acceptors (Lipinski definition) is 6. The number of benzene rings is 1. The van der Waals surface area contributed by atoms with Gasteiger partial charge in [-0.25, -0.2) is 0 Å². The lowest BCUT2D eigenvalue weighted by Gasteiger charge is -2.45. The van der Waals surface area contributed by atoms with E-state index in [2.05, 4.69) is 0 Å². The van der Waals surface area contributed by atoms with E-state index in [0.717, 1.165) is 5.56 Å². The number of aliphatic hydroxyl groups is 3. The van der Waals surface area contributed by atoms with E-state index in [4.69, 9.17) is 14.2 Å². The normalized spacial score (nSPS) is 42.7. The molecule has 1 aromatic rings. The van der Waals surface area contributed by atoms with E-state index in [1.807, 2.05) is 30.3 Å². The van der Waals surface area contributed by atoms with E-state index in [0.29, 0.717) is 0 Å². The fraction of sp³-hybridized carbons (Fsp3) is 0.538. The summed E-state index contributed by atoms with van der Waals surface area (Å²) >= 11 is 0. The highest BCUT2D eigenvalue weighted by Gasteiger charge is 2.48. The first-order valence-corrected chi connectivity index (χ1v) is 6.18. The smallest absolute Gasteiger partial charge is 0.184 e. The minimum atomic E-state index is -1.42. The summed E-state index contributed by atoms with van der Waals surface area (Å²) in [6.07, 6.45) is -5.93.